The lowest BCUT2D eigenvalue weighted by molar-refractivity contribution is -0.122. The number of rotatable bonds is 18. The molecule has 6 heteroatoms. The Morgan fingerprint density at radius 1 is 0.792 bits per heavy atom. The minimum Gasteiger partial charge on any atom is -0.379 e. The van der Waals surface area contributed by atoms with E-state index in [0.717, 1.165) is 13.0 Å². The molecule has 144 valence electrons. The molecular weight excluding hydrogens is 310 g/mol. The number of ketones is 1. The molecule has 0 saturated heterocycles. The molecule has 0 aromatic heterocycles. The van der Waals surface area contributed by atoms with E-state index < -0.39 is 0 Å². The second-order valence-electron chi connectivity index (χ2n) is 6.07. The minimum atomic E-state index is 0.0905. The fraction of sp³-hybridized carbons (Fsp3) is 0.944. The molecule has 1 unspecified atom stereocenters. The molecule has 0 rings (SSSR count). The molecule has 0 aromatic rings. The van der Waals surface area contributed by atoms with Gasteiger partial charge in [0.15, 0.2) is 0 Å². The van der Waals surface area contributed by atoms with E-state index in [-0.39, 0.29) is 5.92 Å². The molecule has 0 heterocycles. The van der Waals surface area contributed by atoms with Crippen molar-refractivity contribution in [2.75, 3.05) is 59.4 Å². The molecule has 24 heavy (non-hydrogen) atoms. The maximum atomic E-state index is 11.4. The van der Waals surface area contributed by atoms with Crippen LogP contribution in [0.5, 0.6) is 0 Å². The molecule has 0 aromatic carbocycles. The summed E-state index contributed by atoms with van der Waals surface area (Å²) in [6.07, 6.45) is 1.38. The summed E-state index contributed by atoms with van der Waals surface area (Å²) in [5, 5.41) is 3.29. The number of nitrogens with one attached hydrogen (secondary N) is 1. The van der Waals surface area contributed by atoms with Crippen LogP contribution >= 0.6 is 0 Å². The summed E-state index contributed by atoms with van der Waals surface area (Å²) >= 11 is 0. The highest BCUT2D eigenvalue weighted by atomic mass is 16.6. The monoisotopic (exact) mass is 347 g/mol. The van der Waals surface area contributed by atoms with Gasteiger partial charge >= 0.3 is 0 Å². The van der Waals surface area contributed by atoms with Gasteiger partial charge in [-0.3, -0.25) is 4.79 Å². The Morgan fingerprint density at radius 2 is 1.25 bits per heavy atom. The molecule has 1 N–H and O–H groups in total. The summed E-state index contributed by atoms with van der Waals surface area (Å²) in [6.45, 7) is 13.7. The van der Waals surface area contributed by atoms with Gasteiger partial charge in [-0.1, -0.05) is 27.7 Å². The molecular formula is C18H37NO5. The first kappa shape index (κ1) is 23.5. The average molecular weight is 347 g/mol. The molecule has 0 saturated carbocycles. The highest BCUT2D eigenvalue weighted by Crippen LogP contribution is 2.05. The molecule has 0 aliphatic rings. The van der Waals surface area contributed by atoms with Crippen LogP contribution in [0, 0.1) is 5.92 Å². The zero-order valence-corrected chi connectivity index (χ0v) is 16.0. The maximum absolute atomic E-state index is 11.4. The van der Waals surface area contributed by atoms with Crippen LogP contribution in [-0.4, -0.2) is 71.2 Å². The first-order valence-electron chi connectivity index (χ1n) is 9.15. The van der Waals surface area contributed by atoms with E-state index >= 15 is 0 Å². The van der Waals surface area contributed by atoms with E-state index in [4.69, 9.17) is 18.9 Å². The van der Waals surface area contributed by atoms with Gasteiger partial charge < -0.3 is 24.3 Å². The van der Waals surface area contributed by atoms with Crippen LogP contribution < -0.4 is 5.32 Å². The van der Waals surface area contributed by atoms with Gasteiger partial charge in [-0.25, -0.2) is 0 Å². The minimum absolute atomic E-state index is 0.0905. The van der Waals surface area contributed by atoms with Gasteiger partial charge in [-0.15, -0.1) is 0 Å². The van der Waals surface area contributed by atoms with Gasteiger partial charge in [0.2, 0.25) is 0 Å². The Labute approximate surface area is 147 Å². The third-order valence-corrected chi connectivity index (χ3v) is 3.51. The van der Waals surface area contributed by atoms with Crippen molar-refractivity contribution in [3.63, 3.8) is 0 Å². The SMILES string of the molecule is CCC(=O)C(C)CCOCCOCCOCCOCCNC(C)C. The number of hydrogen-bond acceptors (Lipinski definition) is 6. The van der Waals surface area contributed by atoms with Crippen molar-refractivity contribution in [2.24, 2.45) is 5.92 Å². The quantitative estimate of drug-likeness (QED) is 0.383. The molecule has 0 amide bonds. The first-order chi connectivity index (χ1) is 11.6. The molecule has 0 spiro atoms. The fourth-order valence-electron chi connectivity index (χ4n) is 1.95. The molecule has 0 aliphatic heterocycles. The first-order valence-corrected chi connectivity index (χ1v) is 9.15. The number of carbonyl (C=O) groups is 1. The molecule has 0 aliphatic carbocycles. The Kier molecular flexibility index (Phi) is 16.9. The fourth-order valence-corrected chi connectivity index (χ4v) is 1.95. The highest BCUT2D eigenvalue weighted by molar-refractivity contribution is 5.80. The van der Waals surface area contributed by atoms with Crippen molar-refractivity contribution in [3.8, 4) is 0 Å². The van der Waals surface area contributed by atoms with Crippen molar-refractivity contribution < 1.29 is 23.7 Å². The van der Waals surface area contributed by atoms with Gasteiger partial charge in [-0.05, 0) is 6.42 Å². The van der Waals surface area contributed by atoms with Gasteiger partial charge in [0.25, 0.3) is 0 Å². The summed E-state index contributed by atoms with van der Waals surface area (Å²) in [7, 11) is 0. The zero-order valence-electron chi connectivity index (χ0n) is 16.0. The van der Waals surface area contributed by atoms with Gasteiger partial charge in [0, 0.05) is 31.5 Å². The van der Waals surface area contributed by atoms with Gasteiger partial charge in [0.05, 0.1) is 46.2 Å². The van der Waals surface area contributed by atoms with Crippen molar-refractivity contribution in [2.45, 2.75) is 46.6 Å². The van der Waals surface area contributed by atoms with Gasteiger partial charge in [-0.2, -0.15) is 0 Å². The normalized spacial score (nSPS) is 12.7. The molecule has 1 atom stereocenters. The van der Waals surface area contributed by atoms with E-state index in [9.17, 15) is 4.79 Å². The molecule has 6 nitrogen and oxygen atoms in total. The summed E-state index contributed by atoms with van der Waals surface area (Å²) in [5.74, 6) is 0.389. The number of ether oxygens (including phenoxy) is 4. The van der Waals surface area contributed by atoms with Gasteiger partial charge in [0.1, 0.15) is 5.78 Å². The predicted molar refractivity (Wildman–Crippen MR) is 95.5 cm³/mol. The summed E-state index contributed by atoms with van der Waals surface area (Å²) in [5.41, 5.74) is 0. The van der Waals surface area contributed by atoms with Crippen molar-refractivity contribution in [3.05, 3.63) is 0 Å². The lowest BCUT2D eigenvalue weighted by Crippen LogP contribution is -2.27. The second kappa shape index (κ2) is 17.3. The summed E-state index contributed by atoms with van der Waals surface area (Å²) in [4.78, 5) is 11.4. The average Bonchev–Trinajstić information content (AvgIpc) is 2.57. The van der Waals surface area contributed by atoms with Crippen molar-refractivity contribution >= 4 is 5.78 Å². The molecule has 0 radical (unpaired) electrons. The van der Waals surface area contributed by atoms with Crippen LogP contribution in [0.2, 0.25) is 0 Å². The number of hydrogen-bond donors (Lipinski definition) is 1. The standard InChI is InChI=1S/C18H37NO5/c1-5-18(20)17(4)6-8-21-10-12-23-14-15-24-13-11-22-9-7-19-16(2)3/h16-17,19H,5-15H2,1-4H3. The molecule has 0 bridgehead atoms. The van der Waals surface area contributed by atoms with Crippen LogP contribution in [0.1, 0.15) is 40.5 Å². The smallest absolute Gasteiger partial charge is 0.135 e. The Balaban J connectivity index is 3.11. The number of Topliss-reactive ketones (excluding diaryl/α,β-unsaturated/α-hetero) is 1. The predicted octanol–water partition coefficient (Wildman–Crippen LogP) is 2.06. The van der Waals surface area contributed by atoms with Crippen LogP contribution in [-0.2, 0) is 23.7 Å². The summed E-state index contributed by atoms with van der Waals surface area (Å²) in [6, 6.07) is 0.494. The topological polar surface area (TPSA) is 66.0 Å². The lowest BCUT2D eigenvalue weighted by atomic mass is 10.0. The van der Waals surface area contributed by atoms with Crippen molar-refractivity contribution in [1.29, 1.82) is 0 Å². The highest BCUT2D eigenvalue weighted by Gasteiger charge is 2.09. The van der Waals surface area contributed by atoms with E-state index in [1.807, 2.05) is 13.8 Å². The largest absolute Gasteiger partial charge is 0.379 e. The van der Waals surface area contributed by atoms with Crippen LogP contribution in [0.25, 0.3) is 0 Å². The molecule has 0 fully saturated rings. The van der Waals surface area contributed by atoms with Crippen LogP contribution in [0.15, 0.2) is 0 Å². The van der Waals surface area contributed by atoms with Crippen molar-refractivity contribution in [1.82, 2.24) is 5.32 Å². The lowest BCUT2D eigenvalue weighted by Gasteiger charge is -2.10. The van der Waals surface area contributed by atoms with E-state index in [0.29, 0.717) is 71.1 Å². The third kappa shape index (κ3) is 16.3. The third-order valence-electron chi connectivity index (χ3n) is 3.51. The Morgan fingerprint density at radius 3 is 1.71 bits per heavy atom. The van der Waals surface area contributed by atoms with E-state index in [2.05, 4.69) is 19.2 Å². The second-order valence-corrected chi connectivity index (χ2v) is 6.07. The maximum Gasteiger partial charge on any atom is 0.135 e. The zero-order chi connectivity index (χ0) is 18.0. The van der Waals surface area contributed by atoms with E-state index in [1.54, 1.807) is 0 Å². The van der Waals surface area contributed by atoms with Crippen LogP contribution in [0.3, 0.4) is 0 Å². The number of carbonyl (C=O) groups excluding carboxylic acids is 1. The van der Waals surface area contributed by atoms with E-state index in [1.165, 1.54) is 0 Å². The Bertz CT molecular complexity index is 287. The summed E-state index contributed by atoms with van der Waals surface area (Å²) < 4.78 is 21.7. The Hall–Kier alpha value is -0.530. The van der Waals surface area contributed by atoms with Crippen LogP contribution in [0.4, 0.5) is 0 Å².